The molecule has 0 bridgehead atoms. The fourth-order valence-corrected chi connectivity index (χ4v) is 1.97. The zero-order valence-electron chi connectivity index (χ0n) is 12.0. The fraction of sp³-hybridized carbons (Fsp3) is 0.467. The Morgan fingerprint density at radius 1 is 1.35 bits per heavy atom. The minimum absolute atomic E-state index is 0.225. The number of hydrogen-bond donors (Lipinski definition) is 0. The highest BCUT2D eigenvalue weighted by Gasteiger charge is 2.38. The van der Waals surface area contributed by atoms with Gasteiger partial charge in [-0.25, -0.2) is 9.59 Å². The maximum Gasteiger partial charge on any atom is 0.443 e. The molecular weight excluding hydrogens is 258 g/mol. The van der Waals surface area contributed by atoms with Gasteiger partial charge in [0.25, 0.3) is 0 Å². The molecule has 1 heterocycles. The van der Waals surface area contributed by atoms with Crippen molar-refractivity contribution >= 4 is 12.1 Å². The van der Waals surface area contributed by atoms with Crippen molar-refractivity contribution in [2.45, 2.75) is 32.8 Å². The van der Waals surface area contributed by atoms with Gasteiger partial charge in [0.05, 0.1) is 12.5 Å². The molecule has 1 aliphatic rings. The zero-order valence-corrected chi connectivity index (χ0v) is 12.0. The van der Waals surface area contributed by atoms with Crippen LogP contribution in [0.25, 0.3) is 0 Å². The third kappa shape index (κ3) is 3.73. The van der Waals surface area contributed by atoms with E-state index in [9.17, 15) is 9.59 Å². The summed E-state index contributed by atoms with van der Waals surface area (Å²) in [6.45, 7) is 5.53. The van der Waals surface area contributed by atoms with Gasteiger partial charge in [0, 0.05) is 0 Å². The van der Waals surface area contributed by atoms with Crippen LogP contribution in [0.4, 0.5) is 4.79 Å². The van der Waals surface area contributed by atoms with Crippen LogP contribution in [-0.4, -0.2) is 29.3 Å². The average Bonchev–Trinajstić information content (AvgIpc) is 2.70. The van der Waals surface area contributed by atoms with Crippen LogP contribution >= 0.6 is 0 Å². The Morgan fingerprint density at radius 2 is 2.00 bits per heavy atom. The topological polar surface area (TPSA) is 55.8 Å². The lowest BCUT2D eigenvalue weighted by Crippen LogP contribution is -2.34. The highest BCUT2D eigenvalue weighted by molar-refractivity contribution is 5.79. The number of hydrogen-bond acceptors (Lipinski definition) is 4. The molecule has 1 aromatic carbocycles. The fourth-order valence-electron chi connectivity index (χ4n) is 1.97. The van der Waals surface area contributed by atoms with Gasteiger partial charge in [-0.3, -0.25) is 0 Å². The summed E-state index contributed by atoms with van der Waals surface area (Å²) >= 11 is 0. The largest absolute Gasteiger partial charge is 0.443 e. The predicted molar refractivity (Wildman–Crippen MR) is 72.7 cm³/mol. The van der Waals surface area contributed by atoms with Crippen LogP contribution in [0.5, 0.6) is 0 Å². The first-order valence-corrected chi connectivity index (χ1v) is 6.61. The molecule has 0 aliphatic carbocycles. The maximum absolute atomic E-state index is 11.8. The van der Waals surface area contributed by atoms with Crippen molar-refractivity contribution < 1.29 is 19.2 Å². The van der Waals surface area contributed by atoms with Gasteiger partial charge in [-0.2, -0.15) is 0 Å². The van der Waals surface area contributed by atoms with Gasteiger partial charge in [0.2, 0.25) is 0 Å². The molecule has 5 nitrogen and oxygen atoms in total. The van der Waals surface area contributed by atoms with Crippen molar-refractivity contribution in [3.63, 3.8) is 0 Å². The second-order valence-corrected chi connectivity index (χ2v) is 5.84. The second-order valence-electron chi connectivity index (χ2n) is 5.84. The average molecular weight is 277 g/mol. The van der Waals surface area contributed by atoms with Crippen molar-refractivity contribution in [3.05, 3.63) is 35.9 Å². The molecule has 20 heavy (non-hydrogen) atoms. The normalized spacial score (nSPS) is 18.9. The minimum Gasteiger partial charge on any atom is -0.442 e. The molecule has 5 heteroatoms. The molecule has 1 atom stereocenters. The molecule has 0 radical (unpaired) electrons. The number of amides is 1. The Hall–Kier alpha value is -2.04. The molecule has 1 aliphatic heterocycles. The smallest absolute Gasteiger partial charge is 0.442 e. The van der Waals surface area contributed by atoms with Crippen LogP contribution in [0.1, 0.15) is 26.3 Å². The number of rotatable bonds is 2. The molecular formula is C15H19NO4. The third-order valence-electron chi connectivity index (χ3n) is 2.84. The zero-order chi connectivity index (χ0) is 14.8. The van der Waals surface area contributed by atoms with E-state index in [1.807, 2.05) is 30.3 Å². The van der Waals surface area contributed by atoms with E-state index in [-0.39, 0.29) is 18.4 Å². The van der Waals surface area contributed by atoms with Gasteiger partial charge in [0.15, 0.2) is 0 Å². The number of carbonyl (C=O) groups excluding carboxylic acids is 2. The molecule has 1 saturated heterocycles. The first kappa shape index (κ1) is 14.4. The first-order valence-electron chi connectivity index (χ1n) is 6.61. The standard InChI is InChI=1S/C15H19NO4/c1-15(2,3)19-14(18)16-10-12(13(17)20-16)9-11-7-5-4-6-8-11/h4-8,12H,9-10H2,1-3H3/t12-/m1/s1. The monoisotopic (exact) mass is 277 g/mol. The third-order valence-corrected chi connectivity index (χ3v) is 2.84. The quantitative estimate of drug-likeness (QED) is 0.833. The van der Waals surface area contributed by atoms with E-state index in [0.717, 1.165) is 10.6 Å². The lowest BCUT2D eigenvalue weighted by atomic mass is 10.0. The van der Waals surface area contributed by atoms with Crippen LogP contribution in [0.15, 0.2) is 30.3 Å². The molecule has 0 saturated carbocycles. The van der Waals surface area contributed by atoms with Gasteiger partial charge in [-0.1, -0.05) is 30.3 Å². The first-order chi connectivity index (χ1) is 9.35. The highest BCUT2D eigenvalue weighted by atomic mass is 16.8. The van der Waals surface area contributed by atoms with Crippen molar-refractivity contribution in [2.75, 3.05) is 6.54 Å². The second kappa shape index (κ2) is 5.53. The molecule has 0 N–H and O–H groups in total. The minimum atomic E-state index is -0.624. The number of nitrogens with zero attached hydrogens (tertiary/aromatic N) is 1. The molecule has 2 rings (SSSR count). The van der Waals surface area contributed by atoms with Crippen LogP contribution < -0.4 is 0 Å². The van der Waals surface area contributed by atoms with Crippen molar-refractivity contribution in [1.82, 2.24) is 5.06 Å². The van der Waals surface area contributed by atoms with E-state index in [4.69, 9.17) is 9.57 Å². The van der Waals surface area contributed by atoms with Gasteiger partial charge >= 0.3 is 12.1 Å². The Kier molecular flexibility index (Phi) is 3.97. The van der Waals surface area contributed by atoms with Gasteiger partial charge in [-0.05, 0) is 32.8 Å². The molecule has 0 spiro atoms. The van der Waals surface area contributed by atoms with Crippen molar-refractivity contribution in [1.29, 1.82) is 0 Å². The van der Waals surface area contributed by atoms with E-state index in [0.29, 0.717) is 6.42 Å². The van der Waals surface area contributed by atoms with Gasteiger partial charge in [-0.15, -0.1) is 5.06 Å². The van der Waals surface area contributed by atoms with Crippen molar-refractivity contribution in [2.24, 2.45) is 5.92 Å². The van der Waals surface area contributed by atoms with Crippen molar-refractivity contribution in [3.8, 4) is 0 Å². The summed E-state index contributed by atoms with van der Waals surface area (Å²) in [4.78, 5) is 28.6. The van der Waals surface area contributed by atoms with Gasteiger partial charge in [0.1, 0.15) is 5.60 Å². The van der Waals surface area contributed by atoms with Crippen LogP contribution in [0, 0.1) is 5.92 Å². The molecule has 0 aromatic heterocycles. The van der Waals surface area contributed by atoms with E-state index in [1.165, 1.54) is 0 Å². The lowest BCUT2D eigenvalue weighted by Gasteiger charge is -2.22. The summed E-state index contributed by atoms with van der Waals surface area (Å²) < 4.78 is 5.18. The Bertz CT molecular complexity index is 492. The molecule has 0 unspecified atom stereocenters. The van der Waals surface area contributed by atoms with Gasteiger partial charge < -0.3 is 9.57 Å². The number of benzene rings is 1. The summed E-state index contributed by atoms with van der Waals surface area (Å²) in [5.74, 6) is -0.732. The lowest BCUT2D eigenvalue weighted by molar-refractivity contribution is -0.167. The Balaban J connectivity index is 1.95. The molecule has 108 valence electrons. The van der Waals surface area contributed by atoms with Crippen LogP contribution in [0.3, 0.4) is 0 Å². The molecule has 1 aromatic rings. The molecule has 1 amide bonds. The summed E-state index contributed by atoms with van der Waals surface area (Å²) in [5.41, 5.74) is 0.432. The van der Waals surface area contributed by atoms with E-state index >= 15 is 0 Å². The number of hydroxylamine groups is 2. The summed E-state index contributed by atoms with van der Waals surface area (Å²) in [6.07, 6.45) is -0.0692. The Morgan fingerprint density at radius 3 is 2.60 bits per heavy atom. The van der Waals surface area contributed by atoms with E-state index in [2.05, 4.69) is 0 Å². The summed E-state index contributed by atoms with van der Waals surface area (Å²) in [7, 11) is 0. The highest BCUT2D eigenvalue weighted by Crippen LogP contribution is 2.21. The SMILES string of the molecule is CC(C)(C)OC(=O)N1C[C@@H](Cc2ccccc2)C(=O)O1. The summed E-state index contributed by atoms with van der Waals surface area (Å²) in [6, 6.07) is 9.65. The Labute approximate surface area is 118 Å². The maximum atomic E-state index is 11.8. The van der Waals surface area contributed by atoms with Crippen LogP contribution in [0.2, 0.25) is 0 Å². The molecule has 1 fully saturated rings. The number of carbonyl (C=O) groups is 2. The summed E-state index contributed by atoms with van der Waals surface area (Å²) in [5, 5.41) is 1.00. The van der Waals surface area contributed by atoms with E-state index in [1.54, 1.807) is 20.8 Å². The number of ether oxygens (including phenoxy) is 1. The van der Waals surface area contributed by atoms with E-state index < -0.39 is 11.7 Å². The van der Waals surface area contributed by atoms with Crippen LogP contribution in [-0.2, 0) is 20.8 Å². The predicted octanol–water partition coefficient (Wildman–Crippen LogP) is 2.55.